The number of halogens is 1. The van der Waals surface area contributed by atoms with Crippen LogP contribution >= 0.6 is 22.6 Å². The van der Waals surface area contributed by atoms with Gasteiger partial charge < -0.3 is 18.9 Å². The molecule has 0 heterocycles. The Morgan fingerprint density at radius 3 is 2.68 bits per heavy atom. The van der Waals surface area contributed by atoms with E-state index >= 15 is 0 Å². The summed E-state index contributed by atoms with van der Waals surface area (Å²) in [5, 5.41) is 0. The Kier molecular flexibility index (Phi) is 6.89. The molecular formula is C13H13IO5. The number of hydrogen-bond acceptors (Lipinski definition) is 5. The van der Waals surface area contributed by atoms with E-state index in [2.05, 4.69) is 9.85 Å². The van der Waals surface area contributed by atoms with Gasteiger partial charge in [-0.15, -0.1) is 0 Å². The van der Waals surface area contributed by atoms with Gasteiger partial charge in [0.2, 0.25) is 0 Å². The van der Waals surface area contributed by atoms with Crippen LogP contribution in [0.2, 0.25) is 0 Å². The van der Waals surface area contributed by atoms with Gasteiger partial charge in [-0.3, -0.25) is 0 Å². The summed E-state index contributed by atoms with van der Waals surface area (Å²) in [6, 6.07) is 5.32. The minimum Gasteiger partial charge on any atom is -0.493 e. The predicted octanol–water partition coefficient (Wildman–Crippen LogP) is 2.75. The first-order valence-electron chi connectivity index (χ1n) is 5.30. The molecule has 0 saturated heterocycles. The van der Waals surface area contributed by atoms with Crippen LogP contribution in [0.25, 0.3) is 0 Å². The molecule has 0 fully saturated rings. The normalized spacial score (nSPS) is 9.00. The molecule has 0 saturated carbocycles. The average Bonchev–Trinajstić information content (AvgIpc) is 2.44. The Morgan fingerprint density at radius 1 is 1.26 bits per heavy atom. The van der Waals surface area contributed by atoms with E-state index in [1.54, 1.807) is 25.3 Å². The maximum Gasteiger partial charge on any atom is 0.509 e. The van der Waals surface area contributed by atoms with Gasteiger partial charge in [-0.2, -0.15) is 0 Å². The largest absolute Gasteiger partial charge is 0.509 e. The average molecular weight is 376 g/mol. The van der Waals surface area contributed by atoms with Gasteiger partial charge in [-0.25, -0.2) is 4.79 Å². The van der Waals surface area contributed by atoms with Crippen molar-refractivity contribution >= 4 is 28.7 Å². The molecule has 0 amide bonds. The lowest BCUT2D eigenvalue weighted by atomic mass is 10.2. The van der Waals surface area contributed by atoms with Crippen LogP contribution in [0, 0.1) is 9.85 Å². The lowest BCUT2D eigenvalue weighted by Crippen LogP contribution is -2.08. The number of para-hydroxylation sites is 1. The van der Waals surface area contributed by atoms with Gasteiger partial charge in [0.25, 0.3) is 0 Å². The highest BCUT2D eigenvalue weighted by Gasteiger charge is 2.11. The Morgan fingerprint density at radius 2 is 2.05 bits per heavy atom. The number of methoxy groups -OCH3 is 2. The summed E-state index contributed by atoms with van der Waals surface area (Å²) in [5.41, 5.74) is 0.693. The summed E-state index contributed by atoms with van der Waals surface area (Å²) >= 11 is 1.86. The molecule has 0 bridgehead atoms. The second kappa shape index (κ2) is 8.48. The van der Waals surface area contributed by atoms with Crippen LogP contribution in [0.1, 0.15) is 5.56 Å². The lowest BCUT2D eigenvalue weighted by molar-refractivity contribution is 0.0583. The first-order valence-corrected chi connectivity index (χ1v) is 6.38. The maximum atomic E-state index is 11.3. The van der Waals surface area contributed by atoms with Crippen molar-refractivity contribution in [3.63, 3.8) is 0 Å². The van der Waals surface area contributed by atoms with Crippen molar-refractivity contribution in [2.75, 3.05) is 20.8 Å². The molecule has 1 aromatic carbocycles. The third kappa shape index (κ3) is 4.87. The molecule has 0 aliphatic rings. The summed E-state index contributed by atoms with van der Waals surface area (Å²) in [4.78, 5) is 11.3. The van der Waals surface area contributed by atoms with E-state index in [-0.39, 0.29) is 13.2 Å². The van der Waals surface area contributed by atoms with E-state index in [4.69, 9.17) is 18.9 Å². The zero-order valence-electron chi connectivity index (χ0n) is 10.6. The number of rotatable bonds is 5. The number of carbonyl (C=O) groups excluding carboxylic acids is 1. The monoisotopic (exact) mass is 376 g/mol. The Balaban J connectivity index is 2.61. The number of benzene rings is 1. The summed E-state index contributed by atoms with van der Waals surface area (Å²) in [6.07, 6.45) is -0.774. The molecular weight excluding hydrogens is 363 g/mol. The molecule has 0 aromatic heterocycles. The summed E-state index contributed by atoms with van der Waals surface area (Å²) < 4.78 is 22.6. The zero-order chi connectivity index (χ0) is 14.1. The van der Waals surface area contributed by atoms with Gasteiger partial charge in [0.1, 0.15) is 6.61 Å². The number of ether oxygens (including phenoxy) is 4. The molecule has 0 atom stereocenters. The fourth-order valence-corrected chi connectivity index (χ4v) is 1.52. The molecule has 1 aromatic rings. The molecule has 5 nitrogen and oxygen atoms in total. The van der Waals surface area contributed by atoms with Crippen molar-refractivity contribution in [3.05, 3.63) is 23.8 Å². The maximum absolute atomic E-state index is 11.3. The number of carbonyl (C=O) groups is 1. The van der Waals surface area contributed by atoms with E-state index in [0.717, 1.165) is 0 Å². The van der Waals surface area contributed by atoms with Gasteiger partial charge in [-0.05, 0) is 9.99 Å². The topological polar surface area (TPSA) is 54.0 Å². The minimum absolute atomic E-state index is 0.0109. The summed E-state index contributed by atoms with van der Waals surface area (Å²) in [6.45, 7) is 0.0495. The molecule has 6 heteroatoms. The lowest BCUT2D eigenvalue weighted by Gasteiger charge is -2.12. The Bertz CT molecular complexity index is 490. The van der Waals surface area contributed by atoms with E-state index < -0.39 is 6.16 Å². The molecule has 0 aliphatic heterocycles. The Hall–Kier alpha value is -1.62. The first-order chi connectivity index (χ1) is 9.22. The van der Waals surface area contributed by atoms with Crippen LogP contribution in [0.4, 0.5) is 4.79 Å². The fourth-order valence-electron chi connectivity index (χ4n) is 1.37. The highest BCUT2D eigenvalue weighted by Crippen LogP contribution is 2.31. The van der Waals surface area contributed by atoms with E-state index in [0.29, 0.717) is 17.1 Å². The van der Waals surface area contributed by atoms with E-state index in [1.165, 1.54) is 7.11 Å². The minimum atomic E-state index is -0.774. The second-order valence-corrected chi connectivity index (χ2v) is 3.79. The predicted molar refractivity (Wildman–Crippen MR) is 77.5 cm³/mol. The SMILES string of the molecule is COc1cccc(COC(=O)OCC#CI)c1OC. The highest BCUT2D eigenvalue weighted by molar-refractivity contribution is 14.1. The number of hydrogen-bond donors (Lipinski definition) is 0. The zero-order valence-corrected chi connectivity index (χ0v) is 12.7. The van der Waals surface area contributed by atoms with Gasteiger partial charge in [-0.1, -0.05) is 18.1 Å². The smallest absolute Gasteiger partial charge is 0.493 e. The van der Waals surface area contributed by atoms with Crippen molar-refractivity contribution in [3.8, 4) is 21.3 Å². The van der Waals surface area contributed by atoms with Gasteiger partial charge in [0.05, 0.1) is 14.2 Å². The van der Waals surface area contributed by atoms with Gasteiger partial charge in [0.15, 0.2) is 18.1 Å². The quantitative estimate of drug-likeness (QED) is 0.450. The van der Waals surface area contributed by atoms with Crippen LogP contribution in [0.15, 0.2) is 18.2 Å². The third-order valence-corrected chi connectivity index (χ3v) is 2.54. The van der Waals surface area contributed by atoms with Crippen LogP contribution in [-0.4, -0.2) is 27.0 Å². The molecule has 0 spiro atoms. The first kappa shape index (κ1) is 15.4. The molecule has 0 radical (unpaired) electrons. The Labute approximate surface area is 125 Å². The highest BCUT2D eigenvalue weighted by atomic mass is 127. The van der Waals surface area contributed by atoms with Crippen molar-refractivity contribution < 1.29 is 23.7 Å². The molecule has 0 N–H and O–H groups in total. The third-order valence-electron chi connectivity index (χ3n) is 2.16. The van der Waals surface area contributed by atoms with E-state index in [1.807, 2.05) is 22.6 Å². The van der Waals surface area contributed by atoms with Crippen LogP contribution in [-0.2, 0) is 16.1 Å². The van der Waals surface area contributed by atoms with Crippen molar-refractivity contribution in [1.29, 1.82) is 0 Å². The van der Waals surface area contributed by atoms with Gasteiger partial charge >= 0.3 is 6.16 Å². The molecule has 19 heavy (non-hydrogen) atoms. The van der Waals surface area contributed by atoms with Crippen molar-refractivity contribution in [2.45, 2.75) is 6.61 Å². The summed E-state index contributed by atoms with van der Waals surface area (Å²) in [7, 11) is 3.06. The van der Waals surface area contributed by atoms with Crippen LogP contribution < -0.4 is 9.47 Å². The van der Waals surface area contributed by atoms with E-state index in [9.17, 15) is 4.79 Å². The van der Waals surface area contributed by atoms with Crippen LogP contribution in [0.3, 0.4) is 0 Å². The summed E-state index contributed by atoms with van der Waals surface area (Å²) in [5.74, 6) is 3.70. The second-order valence-electron chi connectivity index (χ2n) is 3.25. The molecule has 1 rings (SSSR count). The molecule has 0 aliphatic carbocycles. The van der Waals surface area contributed by atoms with Crippen molar-refractivity contribution in [1.82, 2.24) is 0 Å². The van der Waals surface area contributed by atoms with Crippen molar-refractivity contribution in [2.24, 2.45) is 0 Å². The van der Waals surface area contributed by atoms with Crippen LogP contribution in [0.5, 0.6) is 11.5 Å². The fraction of sp³-hybridized carbons (Fsp3) is 0.308. The molecule has 102 valence electrons. The molecule has 0 unspecified atom stereocenters. The van der Waals surface area contributed by atoms with Gasteiger partial charge in [0, 0.05) is 28.2 Å². The standard InChI is InChI=1S/C13H13IO5/c1-16-11-6-3-5-10(12(11)17-2)9-19-13(15)18-8-4-7-14/h3,5-6H,8-9H2,1-2H3.